The summed E-state index contributed by atoms with van der Waals surface area (Å²) in [5, 5.41) is 2.79. The van der Waals surface area contributed by atoms with E-state index >= 15 is 0 Å². The van der Waals surface area contributed by atoms with E-state index in [2.05, 4.69) is 10.2 Å². The van der Waals surface area contributed by atoms with Crippen molar-refractivity contribution in [2.75, 3.05) is 13.1 Å². The Labute approximate surface area is 111 Å². The Bertz CT molecular complexity index is 439. The Morgan fingerprint density at radius 1 is 1.37 bits per heavy atom. The predicted molar refractivity (Wildman–Crippen MR) is 68.5 cm³/mol. The summed E-state index contributed by atoms with van der Waals surface area (Å²) in [5.74, 6) is -1.06. The number of rotatable bonds is 5. The van der Waals surface area contributed by atoms with Crippen LogP contribution in [0.15, 0.2) is 18.2 Å². The Morgan fingerprint density at radius 2 is 2.21 bits per heavy atom. The van der Waals surface area contributed by atoms with Gasteiger partial charge in [-0.1, -0.05) is 6.07 Å². The number of piperidine rings is 1. The number of nitrogens with zero attached hydrogens (tertiary/aromatic N) is 1. The van der Waals surface area contributed by atoms with E-state index in [1.165, 1.54) is 12.1 Å². The van der Waals surface area contributed by atoms with Gasteiger partial charge >= 0.3 is 0 Å². The second kappa shape index (κ2) is 6.61. The van der Waals surface area contributed by atoms with Crippen LogP contribution in [0.4, 0.5) is 8.78 Å². The topological polar surface area (TPSA) is 32.3 Å². The van der Waals surface area contributed by atoms with Crippen molar-refractivity contribution in [2.45, 2.75) is 31.8 Å². The van der Waals surface area contributed by atoms with Crippen LogP contribution in [0.5, 0.6) is 0 Å². The monoisotopic (exact) mass is 268 g/mol. The smallest absolute Gasteiger partial charge is 0.208 e. The molecule has 0 saturated carbocycles. The van der Waals surface area contributed by atoms with E-state index in [0.29, 0.717) is 24.9 Å². The van der Waals surface area contributed by atoms with Crippen LogP contribution in [-0.4, -0.2) is 30.6 Å². The second-order valence-electron chi connectivity index (χ2n) is 4.82. The van der Waals surface area contributed by atoms with E-state index in [-0.39, 0.29) is 6.17 Å². The van der Waals surface area contributed by atoms with Gasteiger partial charge in [0.1, 0.15) is 11.6 Å². The van der Waals surface area contributed by atoms with Gasteiger partial charge < -0.3 is 5.32 Å². The SMILES string of the molecule is O=CNC1CCCCN1CCc1ccc(F)cc1F. The average Bonchev–Trinajstić information content (AvgIpc) is 2.40. The summed E-state index contributed by atoms with van der Waals surface area (Å²) in [4.78, 5) is 12.7. The maximum Gasteiger partial charge on any atom is 0.208 e. The molecule has 1 aromatic rings. The zero-order chi connectivity index (χ0) is 13.7. The second-order valence-corrected chi connectivity index (χ2v) is 4.82. The van der Waals surface area contributed by atoms with Crippen LogP contribution in [0.3, 0.4) is 0 Å². The Hall–Kier alpha value is -1.49. The first-order valence-corrected chi connectivity index (χ1v) is 6.58. The van der Waals surface area contributed by atoms with Crippen molar-refractivity contribution >= 4 is 6.41 Å². The molecule has 1 amide bonds. The molecule has 1 aliphatic rings. The molecule has 1 atom stereocenters. The predicted octanol–water partition coefficient (Wildman–Crippen LogP) is 2.07. The Morgan fingerprint density at radius 3 is 2.95 bits per heavy atom. The summed E-state index contributed by atoms with van der Waals surface area (Å²) in [6, 6.07) is 3.67. The van der Waals surface area contributed by atoms with E-state index < -0.39 is 11.6 Å². The quantitative estimate of drug-likeness (QED) is 0.829. The van der Waals surface area contributed by atoms with Crippen LogP contribution in [0.2, 0.25) is 0 Å². The number of hydrogen-bond donors (Lipinski definition) is 1. The summed E-state index contributed by atoms with van der Waals surface area (Å²) in [7, 11) is 0. The maximum absolute atomic E-state index is 13.5. The number of hydrogen-bond acceptors (Lipinski definition) is 2. The molecule has 19 heavy (non-hydrogen) atoms. The first-order valence-electron chi connectivity index (χ1n) is 6.58. The zero-order valence-electron chi connectivity index (χ0n) is 10.7. The number of benzene rings is 1. The highest BCUT2D eigenvalue weighted by Crippen LogP contribution is 2.16. The molecule has 104 valence electrons. The summed E-state index contributed by atoms with van der Waals surface area (Å²) in [6.07, 6.45) is 4.36. The molecule has 0 radical (unpaired) electrons. The summed E-state index contributed by atoms with van der Waals surface area (Å²) in [5.41, 5.74) is 0.511. The van der Waals surface area contributed by atoms with Crippen LogP contribution < -0.4 is 5.32 Å². The van der Waals surface area contributed by atoms with Gasteiger partial charge in [0.2, 0.25) is 6.41 Å². The van der Waals surface area contributed by atoms with Crippen molar-refractivity contribution < 1.29 is 13.6 Å². The van der Waals surface area contributed by atoms with E-state index in [9.17, 15) is 13.6 Å². The van der Waals surface area contributed by atoms with E-state index in [1.807, 2.05) is 0 Å². The van der Waals surface area contributed by atoms with Crippen molar-refractivity contribution in [3.05, 3.63) is 35.4 Å². The number of carbonyl (C=O) groups is 1. The van der Waals surface area contributed by atoms with Crippen LogP contribution in [-0.2, 0) is 11.2 Å². The highest BCUT2D eigenvalue weighted by molar-refractivity contribution is 5.46. The molecule has 0 spiro atoms. The number of carbonyl (C=O) groups excluding carboxylic acids is 1. The lowest BCUT2D eigenvalue weighted by Crippen LogP contribution is -2.48. The highest BCUT2D eigenvalue weighted by atomic mass is 19.1. The molecule has 5 heteroatoms. The van der Waals surface area contributed by atoms with E-state index in [4.69, 9.17) is 0 Å². The van der Waals surface area contributed by atoms with Crippen molar-refractivity contribution in [1.29, 1.82) is 0 Å². The van der Waals surface area contributed by atoms with Crippen molar-refractivity contribution in [2.24, 2.45) is 0 Å². The molecular weight excluding hydrogens is 250 g/mol. The molecule has 3 nitrogen and oxygen atoms in total. The molecule has 1 aliphatic heterocycles. The van der Waals surface area contributed by atoms with Crippen molar-refractivity contribution in [3.63, 3.8) is 0 Å². The molecule has 0 aliphatic carbocycles. The maximum atomic E-state index is 13.5. The van der Waals surface area contributed by atoms with Crippen LogP contribution in [0.25, 0.3) is 0 Å². The van der Waals surface area contributed by atoms with Crippen molar-refractivity contribution in [1.82, 2.24) is 10.2 Å². The number of nitrogens with one attached hydrogen (secondary N) is 1. The van der Waals surface area contributed by atoms with Crippen molar-refractivity contribution in [3.8, 4) is 0 Å². The molecule has 1 N–H and O–H groups in total. The van der Waals surface area contributed by atoms with Gasteiger partial charge in [-0.05, 0) is 37.3 Å². The van der Waals surface area contributed by atoms with Gasteiger partial charge in [-0.2, -0.15) is 0 Å². The number of amides is 1. The highest BCUT2D eigenvalue weighted by Gasteiger charge is 2.21. The molecule has 1 fully saturated rings. The lowest BCUT2D eigenvalue weighted by Gasteiger charge is -2.35. The molecule has 0 aromatic heterocycles. The summed E-state index contributed by atoms with van der Waals surface area (Å²) < 4.78 is 26.3. The average molecular weight is 268 g/mol. The molecule has 1 unspecified atom stereocenters. The van der Waals surface area contributed by atoms with Gasteiger partial charge in [0.15, 0.2) is 0 Å². The lowest BCUT2D eigenvalue weighted by molar-refractivity contribution is -0.111. The first kappa shape index (κ1) is 13.9. The molecule has 0 bridgehead atoms. The summed E-state index contributed by atoms with van der Waals surface area (Å²) >= 11 is 0. The standard InChI is InChI=1S/C14H18F2N2O/c15-12-5-4-11(13(16)9-12)6-8-18-7-2-1-3-14(18)17-10-19/h4-5,9-10,14H,1-3,6-8H2,(H,17,19). The van der Waals surface area contributed by atoms with Crippen LogP contribution >= 0.6 is 0 Å². The molecule has 1 saturated heterocycles. The van der Waals surface area contributed by atoms with Gasteiger partial charge in [-0.3, -0.25) is 9.69 Å². The fourth-order valence-corrected chi connectivity index (χ4v) is 2.51. The minimum absolute atomic E-state index is 0.0368. The van der Waals surface area contributed by atoms with Crippen LogP contribution in [0, 0.1) is 11.6 Å². The lowest BCUT2D eigenvalue weighted by atomic mass is 10.1. The largest absolute Gasteiger partial charge is 0.343 e. The van der Waals surface area contributed by atoms with Gasteiger partial charge in [0.05, 0.1) is 6.17 Å². The molecule has 1 heterocycles. The van der Waals surface area contributed by atoms with E-state index in [0.717, 1.165) is 31.9 Å². The third kappa shape index (κ3) is 3.73. The third-order valence-electron chi connectivity index (χ3n) is 3.56. The van der Waals surface area contributed by atoms with Gasteiger partial charge in [0.25, 0.3) is 0 Å². The summed E-state index contributed by atoms with van der Waals surface area (Å²) in [6.45, 7) is 1.56. The minimum atomic E-state index is -0.556. The van der Waals surface area contributed by atoms with Gasteiger partial charge in [-0.25, -0.2) is 8.78 Å². The van der Waals surface area contributed by atoms with E-state index in [1.54, 1.807) is 0 Å². The minimum Gasteiger partial charge on any atom is -0.343 e. The van der Waals surface area contributed by atoms with Crippen LogP contribution in [0.1, 0.15) is 24.8 Å². The molecular formula is C14H18F2N2O. The zero-order valence-corrected chi connectivity index (χ0v) is 10.7. The fraction of sp³-hybridized carbons (Fsp3) is 0.500. The molecule has 2 rings (SSSR count). The fourth-order valence-electron chi connectivity index (χ4n) is 2.51. The Balaban J connectivity index is 1.94. The Kier molecular flexibility index (Phi) is 4.85. The molecule has 1 aromatic carbocycles. The first-order chi connectivity index (χ1) is 9.20. The van der Waals surface area contributed by atoms with Gasteiger partial charge in [0, 0.05) is 19.2 Å². The normalized spacial score (nSPS) is 20.2. The number of likely N-dealkylation sites (tertiary alicyclic amines) is 1. The van der Waals surface area contributed by atoms with Gasteiger partial charge in [-0.15, -0.1) is 0 Å². The third-order valence-corrected chi connectivity index (χ3v) is 3.56. The number of halogens is 2.